The fourth-order valence-electron chi connectivity index (χ4n) is 2.95. The Balaban J connectivity index is 2.25. The third-order valence-electron chi connectivity index (χ3n) is 4.44. The molecule has 0 spiro atoms. The van der Waals surface area contributed by atoms with Crippen molar-refractivity contribution in [3.8, 4) is 5.75 Å². The van der Waals surface area contributed by atoms with Crippen LogP contribution in [-0.2, 0) is 16.6 Å². The van der Waals surface area contributed by atoms with Gasteiger partial charge in [0.1, 0.15) is 0 Å². The summed E-state index contributed by atoms with van der Waals surface area (Å²) in [7, 11) is -0.489. The minimum atomic E-state index is -3.81. The molecule has 0 aliphatic carbocycles. The first kappa shape index (κ1) is 18.4. The minimum Gasteiger partial charge on any atom is -0.493 e. The predicted octanol–water partition coefficient (Wildman–Crippen LogP) is 3.48. The van der Waals surface area contributed by atoms with Crippen LogP contribution < -0.4 is 4.74 Å². The highest BCUT2D eigenvalue weighted by atomic mass is 32.2. The van der Waals surface area contributed by atoms with Gasteiger partial charge in [-0.05, 0) is 31.8 Å². The Bertz CT molecular complexity index is 1030. The molecule has 1 heterocycles. The van der Waals surface area contributed by atoms with E-state index in [4.69, 9.17) is 4.74 Å². The molecule has 0 bridgehead atoms. The summed E-state index contributed by atoms with van der Waals surface area (Å²) in [5.41, 5.74) is 0.931. The van der Waals surface area contributed by atoms with Crippen LogP contribution in [-0.4, -0.2) is 38.0 Å². The zero-order valence-electron chi connectivity index (χ0n) is 14.9. The van der Waals surface area contributed by atoms with Gasteiger partial charge in [0, 0.05) is 29.8 Å². The van der Waals surface area contributed by atoms with E-state index in [0.29, 0.717) is 23.0 Å². The zero-order chi connectivity index (χ0) is 18.9. The molecular weight excluding hydrogens is 355 g/mol. The molecule has 0 amide bonds. The van der Waals surface area contributed by atoms with Crippen LogP contribution in [0.15, 0.2) is 53.6 Å². The van der Waals surface area contributed by atoms with Gasteiger partial charge in [0.2, 0.25) is 0 Å². The van der Waals surface area contributed by atoms with E-state index in [0.717, 1.165) is 10.5 Å². The fraction of sp³-hybridized carbons (Fsp3) is 0.263. The van der Waals surface area contributed by atoms with Gasteiger partial charge in [0.15, 0.2) is 11.6 Å². The summed E-state index contributed by atoms with van der Waals surface area (Å²) in [6, 6.07) is 11.0. The van der Waals surface area contributed by atoms with Gasteiger partial charge in [0.25, 0.3) is 10.0 Å². The molecule has 0 aliphatic heterocycles. The van der Waals surface area contributed by atoms with Gasteiger partial charge in [-0.15, -0.1) is 0 Å². The van der Waals surface area contributed by atoms with Crippen molar-refractivity contribution in [3.63, 3.8) is 0 Å². The molecule has 3 aromatic rings. The van der Waals surface area contributed by atoms with Gasteiger partial charge in [-0.25, -0.2) is 16.8 Å². The molecule has 5 nitrogen and oxygen atoms in total. The lowest BCUT2D eigenvalue weighted by molar-refractivity contribution is 0.328. The number of hydrogen-bond donors (Lipinski definition) is 0. The van der Waals surface area contributed by atoms with Crippen molar-refractivity contribution >= 4 is 20.9 Å². The van der Waals surface area contributed by atoms with Crippen molar-refractivity contribution in [2.75, 3.05) is 20.7 Å². The number of fused-ring (bicyclic) bond motifs is 1. The molecular formula is C19H21FN2O3S. The third kappa shape index (κ3) is 3.08. The van der Waals surface area contributed by atoms with Crippen molar-refractivity contribution in [2.45, 2.75) is 18.4 Å². The molecule has 1 aromatic heterocycles. The van der Waals surface area contributed by atoms with Crippen LogP contribution in [0.5, 0.6) is 5.75 Å². The van der Waals surface area contributed by atoms with E-state index in [2.05, 4.69) is 0 Å². The number of hydrogen-bond acceptors (Lipinski definition) is 4. The van der Waals surface area contributed by atoms with Crippen molar-refractivity contribution in [1.82, 2.24) is 8.87 Å². The Morgan fingerprint density at radius 3 is 2.50 bits per heavy atom. The Kier molecular flexibility index (Phi) is 5.02. The van der Waals surface area contributed by atoms with E-state index in [1.807, 2.05) is 18.9 Å². The van der Waals surface area contributed by atoms with Crippen molar-refractivity contribution in [2.24, 2.45) is 0 Å². The van der Waals surface area contributed by atoms with E-state index in [9.17, 15) is 12.8 Å². The Labute approximate surface area is 152 Å². The van der Waals surface area contributed by atoms with Gasteiger partial charge in [-0.2, -0.15) is 0 Å². The van der Waals surface area contributed by atoms with E-state index >= 15 is 0 Å². The van der Waals surface area contributed by atoms with Crippen LogP contribution in [0.4, 0.5) is 4.39 Å². The molecule has 0 saturated heterocycles. The van der Waals surface area contributed by atoms with Gasteiger partial charge >= 0.3 is 0 Å². The molecule has 0 N–H and O–H groups in total. The van der Waals surface area contributed by atoms with Crippen LogP contribution >= 0.6 is 0 Å². The molecule has 138 valence electrons. The zero-order valence-corrected chi connectivity index (χ0v) is 15.8. The number of nitrogens with zero attached hydrogens (tertiary/aromatic N) is 2. The highest BCUT2D eigenvalue weighted by Gasteiger charge is 2.23. The van der Waals surface area contributed by atoms with Crippen LogP contribution in [0.3, 0.4) is 0 Å². The summed E-state index contributed by atoms with van der Waals surface area (Å²) in [4.78, 5) is 2.15. The summed E-state index contributed by atoms with van der Waals surface area (Å²) in [5, 5.41) is 0.656. The smallest absolute Gasteiger partial charge is 0.268 e. The lowest BCUT2D eigenvalue weighted by Gasteiger charge is -2.18. The highest BCUT2D eigenvalue weighted by molar-refractivity contribution is 7.90. The summed E-state index contributed by atoms with van der Waals surface area (Å²) >= 11 is 0. The van der Waals surface area contributed by atoms with Crippen LogP contribution in [0.25, 0.3) is 10.9 Å². The standard InChI is InChI=1S/C19H21FN2O3S/c1-4-21(2)13-16-15-10-11-22(18(15)12-17(20)19(16)25-3)26(23,24)14-8-6-5-7-9-14/h5-12H,4,13H2,1-3H3. The quantitative estimate of drug-likeness (QED) is 0.661. The SMILES string of the molecule is CCN(C)Cc1c(OC)c(F)cc2c1ccn2S(=O)(=O)c1ccccc1. The largest absolute Gasteiger partial charge is 0.493 e. The van der Waals surface area contributed by atoms with Crippen LogP contribution in [0.2, 0.25) is 0 Å². The van der Waals surface area contributed by atoms with Crippen molar-refractivity contribution in [1.29, 1.82) is 0 Å². The summed E-state index contributed by atoms with van der Waals surface area (Å²) in [6.45, 7) is 3.21. The second-order valence-electron chi connectivity index (χ2n) is 6.06. The maximum absolute atomic E-state index is 14.6. The summed E-state index contributed by atoms with van der Waals surface area (Å²) in [5.74, 6) is -0.435. The van der Waals surface area contributed by atoms with Gasteiger partial charge in [0.05, 0.1) is 17.5 Å². The highest BCUT2D eigenvalue weighted by Crippen LogP contribution is 2.34. The van der Waals surface area contributed by atoms with Crippen LogP contribution in [0, 0.1) is 5.82 Å². The number of benzene rings is 2. The van der Waals surface area contributed by atoms with Crippen LogP contribution in [0.1, 0.15) is 12.5 Å². The van der Waals surface area contributed by atoms with E-state index in [-0.39, 0.29) is 10.6 Å². The Hall–Kier alpha value is -2.38. The first-order chi connectivity index (χ1) is 12.4. The molecule has 26 heavy (non-hydrogen) atoms. The number of ether oxygens (including phenoxy) is 1. The average Bonchev–Trinajstić information content (AvgIpc) is 3.06. The number of halogens is 1. The average molecular weight is 376 g/mol. The fourth-order valence-corrected chi connectivity index (χ4v) is 4.31. The molecule has 0 aliphatic rings. The summed E-state index contributed by atoms with van der Waals surface area (Å²) < 4.78 is 46.9. The van der Waals surface area contributed by atoms with Gasteiger partial charge in [-0.1, -0.05) is 25.1 Å². The molecule has 0 unspecified atom stereocenters. The molecule has 3 rings (SSSR count). The predicted molar refractivity (Wildman–Crippen MR) is 99.5 cm³/mol. The lowest BCUT2D eigenvalue weighted by atomic mass is 10.1. The Morgan fingerprint density at radius 2 is 1.88 bits per heavy atom. The third-order valence-corrected chi connectivity index (χ3v) is 6.15. The first-order valence-corrected chi connectivity index (χ1v) is 9.69. The van der Waals surface area contributed by atoms with E-state index in [1.165, 1.54) is 31.5 Å². The van der Waals surface area contributed by atoms with Gasteiger partial charge < -0.3 is 9.64 Å². The first-order valence-electron chi connectivity index (χ1n) is 8.25. The molecule has 0 saturated carbocycles. The maximum Gasteiger partial charge on any atom is 0.268 e. The second-order valence-corrected chi connectivity index (χ2v) is 7.88. The number of aromatic nitrogens is 1. The Morgan fingerprint density at radius 1 is 1.19 bits per heavy atom. The summed E-state index contributed by atoms with van der Waals surface area (Å²) in [6.07, 6.45) is 1.46. The van der Waals surface area contributed by atoms with E-state index < -0.39 is 15.8 Å². The molecule has 0 atom stereocenters. The lowest BCUT2D eigenvalue weighted by Crippen LogP contribution is -2.18. The molecule has 7 heteroatoms. The van der Waals surface area contributed by atoms with Crippen molar-refractivity contribution < 1.29 is 17.5 Å². The van der Waals surface area contributed by atoms with E-state index in [1.54, 1.807) is 24.3 Å². The molecule has 0 fully saturated rings. The van der Waals surface area contributed by atoms with Gasteiger partial charge in [-0.3, -0.25) is 0 Å². The molecule has 0 radical (unpaired) electrons. The topological polar surface area (TPSA) is 51.5 Å². The van der Waals surface area contributed by atoms with Crippen molar-refractivity contribution in [3.05, 3.63) is 60.0 Å². The minimum absolute atomic E-state index is 0.146. The maximum atomic E-state index is 14.6. The monoisotopic (exact) mass is 376 g/mol. The molecule has 2 aromatic carbocycles. The number of methoxy groups -OCH3 is 1. The normalized spacial score (nSPS) is 12.0. The number of rotatable bonds is 6. The second kappa shape index (κ2) is 7.09.